The molecule has 4 fully saturated rings. The summed E-state index contributed by atoms with van der Waals surface area (Å²) in [6.45, 7) is 0. The molecule has 5 nitrogen and oxygen atoms in total. The number of hydrogen-bond acceptors (Lipinski definition) is 4. The van der Waals surface area contributed by atoms with E-state index in [-0.39, 0.29) is 17.4 Å². The van der Waals surface area contributed by atoms with E-state index in [0.717, 1.165) is 63.9 Å². The molecule has 6 heteroatoms. The Morgan fingerprint density at radius 2 is 1.51 bits per heavy atom. The van der Waals surface area contributed by atoms with Crippen molar-refractivity contribution >= 4 is 51.2 Å². The molecule has 0 atom stereocenters. The SMILES string of the molecule is O=C(CSc1ccccc1C(=O)Nc1ccc2oc3ccccc3c2c1)NC12CC3CC(CC(C3)C1)C2. The van der Waals surface area contributed by atoms with Gasteiger partial charge in [-0.15, -0.1) is 11.8 Å². The number of furan rings is 1. The zero-order chi connectivity index (χ0) is 25.0. The van der Waals surface area contributed by atoms with Crippen LogP contribution in [0.3, 0.4) is 0 Å². The number of hydrogen-bond donors (Lipinski definition) is 2. The first-order chi connectivity index (χ1) is 18.0. The lowest BCUT2D eigenvalue weighted by Gasteiger charge is -2.56. The second kappa shape index (κ2) is 8.95. The van der Waals surface area contributed by atoms with Crippen LogP contribution in [0.1, 0.15) is 48.9 Å². The largest absolute Gasteiger partial charge is 0.456 e. The van der Waals surface area contributed by atoms with Gasteiger partial charge in [-0.2, -0.15) is 0 Å². The Labute approximate surface area is 220 Å². The first kappa shape index (κ1) is 22.9. The van der Waals surface area contributed by atoms with Crippen LogP contribution in [-0.4, -0.2) is 23.1 Å². The Bertz CT molecular complexity index is 1490. The van der Waals surface area contributed by atoms with Gasteiger partial charge in [0, 0.05) is 26.9 Å². The van der Waals surface area contributed by atoms with Crippen molar-refractivity contribution in [1.82, 2.24) is 5.32 Å². The predicted molar refractivity (Wildman–Crippen MR) is 148 cm³/mol. The van der Waals surface area contributed by atoms with E-state index >= 15 is 0 Å². The van der Waals surface area contributed by atoms with Crippen LogP contribution in [-0.2, 0) is 4.79 Å². The molecule has 4 aromatic rings. The highest BCUT2D eigenvalue weighted by molar-refractivity contribution is 8.00. The molecule has 0 radical (unpaired) electrons. The van der Waals surface area contributed by atoms with Crippen molar-refractivity contribution in [2.75, 3.05) is 11.1 Å². The van der Waals surface area contributed by atoms with Gasteiger partial charge in [-0.3, -0.25) is 9.59 Å². The minimum absolute atomic E-state index is 0.0131. The molecule has 4 saturated carbocycles. The second-order valence-electron chi connectivity index (χ2n) is 11.3. The highest BCUT2D eigenvalue weighted by Crippen LogP contribution is 2.55. The predicted octanol–water partition coefficient (Wildman–Crippen LogP) is 7.02. The zero-order valence-electron chi connectivity index (χ0n) is 20.7. The van der Waals surface area contributed by atoms with E-state index in [1.807, 2.05) is 66.7 Å². The zero-order valence-corrected chi connectivity index (χ0v) is 21.5. The quantitative estimate of drug-likeness (QED) is 0.274. The summed E-state index contributed by atoms with van der Waals surface area (Å²) >= 11 is 1.44. The minimum atomic E-state index is -0.184. The lowest BCUT2D eigenvalue weighted by Crippen LogP contribution is -2.60. The summed E-state index contributed by atoms with van der Waals surface area (Å²) < 4.78 is 5.90. The highest BCUT2D eigenvalue weighted by Gasteiger charge is 2.51. The van der Waals surface area contributed by atoms with E-state index in [2.05, 4.69) is 10.6 Å². The van der Waals surface area contributed by atoms with Crippen molar-refractivity contribution in [2.24, 2.45) is 17.8 Å². The Hall–Kier alpha value is -3.25. The average Bonchev–Trinajstić information content (AvgIpc) is 3.24. The van der Waals surface area contributed by atoms with Crippen LogP contribution < -0.4 is 10.6 Å². The third kappa shape index (κ3) is 4.31. The second-order valence-corrected chi connectivity index (χ2v) is 12.3. The lowest BCUT2D eigenvalue weighted by atomic mass is 9.53. The molecular weight excluding hydrogens is 480 g/mol. The van der Waals surface area contributed by atoms with Gasteiger partial charge in [0.2, 0.25) is 5.91 Å². The fourth-order valence-electron chi connectivity index (χ4n) is 7.52. The first-order valence-electron chi connectivity index (χ1n) is 13.3. The molecule has 1 aromatic heterocycles. The molecule has 188 valence electrons. The molecule has 2 N–H and O–H groups in total. The number of benzene rings is 3. The van der Waals surface area contributed by atoms with Crippen LogP contribution in [0.2, 0.25) is 0 Å². The van der Waals surface area contributed by atoms with Crippen LogP contribution in [0.15, 0.2) is 76.0 Å². The molecule has 4 bridgehead atoms. The standard InChI is InChI=1S/C31H30N2O3S/c34-29(33-31-15-19-11-20(16-31)13-21(12-19)17-31)18-37-28-8-4-2-6-24(28)30(35)32-22-9-10-27-25(14-22)23-5-1-3-7-26(23)36-27/h1-10,14,19-21H,11-13,15-18H2,(H,32,35)(H,33,34). The van der Waals surface area contributed by atoms with E-state index in [1.165, 1.54) is 31.0 Å². The first-order valence-corrected chi connectivity index (χ1v) is 14.3. The molecule has 8 rings (SSSR count). The number of nitrogens with one attached hydrogen (secondary N) is 2. The maximum absolute atomic E-state index is 13.3. The highest BCUT2D eigenvalue weighted by atomic mass is 32.2. The lowest BCUT2D eigenvalue weighted by molar-refractivity contribution is -0.124. The van der Waals surface area contributed by atoms with Crippen LogP contribution in [0.5, 0.6) is 0 Å². The number of thioether (sulfide) groups is 1. The van der Waals surface area contributed by atoms with Gasteiger partial charge in [0.15, 0.2) is 0 Å². The summed E-state index contributed by atoms with van der Waals surface area (Å²) in [6.07, 6.45) is 7.50. The van der Waals surface area contributed by atoms with Gasteiger partial charge in [-0.25, -0.2) is 0 Å². The maximum Gasteiger partial charge on any atom is 0.256 e. The smallest absolute Gasteiger partial charge is 0.256 e. The van der Waals surface area contributed by atoms with Crippen molar-refractivity contribution in [3.63, 3.8) is 0 Å². The number of para-hydroxylation sites is 1. The normalized spacial score (nSPS) is 26.0. The fraction of sp³-hybridized carbons (Fsp3) is 0.355. The van der Waals surface area contributed by atoms with Gasteiger partial charge in [0.25, 0.3) is 5.91 Å². The molecule has 2 amide bonds. The molecule has 37 heavy (non-hydrogen) atoms. The third-order valence-electron chi connectivity index (χ3n) is 8.57. The number of fused-ring (bicyclic) bond motifs is 3. The Morgan fingerprint density at radius 3 is 2.30 bits per heavy atom. The Balaban J connectivity index is 1.04. The third-order valence-corrected chi connectivity index (χ3v) is 9.64. The Kier molecular flexibility index (Phi) is 5.54. The number of carbonyl (C=O) groups excluding carboxylic acids is 2. The van der Waals surface area contributed by atoms with Gasteiger partial charge in [0.1, 0.15) is 11.2 Å². The number of anilines is 1. The molecule has 0 unspecified atom stereocenters. The summed E-state index contributed by atoms with van der Waals surface area (Å²) in [5, 5.41) is 8.48. The van der Waals surface area contributed by atoms with E-state index in [9.17, 15) is 9.59 Å². The van der Waals surface area contributed by atoms with Crippen LogP contribution >= 0.6 is 11.8 Å². The molecule has 0 saturated heterocycles. The monoisotopic (exact) mass is 510 g/mol. The molecule has 0 aliphatic heterocycles. The van der Waals surface area contributed by atoms with Crippen LogP contribution in [0.25, 0.3) is 21.9 Å². The molecule has 3 aromatic carbocycles. The maximum atomic E-state index is 13.3. The number of amides is 2. The van der Waals surface area contributed by atoms with Gasteiger partial charge >= 0.3 is 0 Å². The summed E-state index contributed by atoms with van der Waals surface area (Å²) in [5.74, 6) is 2.60. The summed E-state index contributed by atoms with van der Waals surface area (Å²) in [6, 6.07) is 21.1. The molecule has 4 aliphatic carbocycles. The van der Waals surface area contributed by atoms with E-state index in [0.29, 0.717) is 17.0 Å². The van der Waals surface area contributed by atoms with Crippen molar-refractivity contribution in [1.29, 1.82) is 0 Å². The van der Waals surface area contributed by atoms with Crippen molar-refractivity contribution in [3.8, 4) is 0 Å². The average molecular weight is 511 g/mol. The summed E-state index contributed by atoms with van der Waals surface area (Å²) in [5.41, 5.74) is 2.92. The van der Waals surface area contributed by atoms with E-state index in [4.69, 9.17) is 4.42 Å². The minimum Gasteiger partial charge on any atom is -0.456 e. The molecule has 4 aliphatic rings. The van der Waals surface area contributed by atoms with E-state index < -0.39 is 0 Å². The number of carbonyl (C=O) groups is 2. The fourth-order valence-corrected chi connectivity index (χ4v) is 8.37. The van der Waals surface area contributed by atoms with Gasteiger partial charge in [-0.1, -0.05) is 30.3 Å². The van der Waals surface area contributed by atoms with Crippen molar-refractivity contribution in [3.05, 3.63) is 72.3 Å². The van der Waals surface area contributed by atoms with Crippen molar-refractivity contribution < 1.29 is 14.0 Å². The van der Waals surface area contributed by atoms with Crippen molar-refractivity contribution in [2.45, 2.75) is 49.0 Å². The number of rotatable bonds is 6. The molecule has 1 heterocycles. The van der Waals surface area contributed by atoms with Gasteiger partial charge in [-0.05, 0) is 92.7 Å². The molecular formula is C31H30N2O3S. The summed E-state index contributed by atoms with van der Waals surface area (Å²) in [4.78, 5) is 27.1. The van der Waals surface area contributed by atoms with Gasteiger partial charge in [0.05, 0.1) is 11.3 Å². The topological polar surface area (TPSA) is 71.3 Å². The molecule has 0 spiro atoms. The van der Waals surface area contributed by atoms with Gasteiger partial charge < -0.3 is 15.1 Å². The van der Waals surface area contributed by atoms with E-state index in [1.54, 1.807) is 0 Å². The van der Waals surface area contributed by atoms with Crippen LogP contribution in [0.4, 0.5) is 5.69 Å². The van der Waals surface area contributed by atoms with Crippen LogP contribution in [0, 0.1) is 17.8 Å². The Morgan fingerprint density at radius 1 is 0.838 bits per heavy atom. The summed E-state index contributed by atoms with van der Waals surface area (Å²) in [7, 11) is 0.